The summed E-state index contributed by atoms with van der Waals surface area (Å²) in [5, 5.41) is 12.0. The number of benzene rings is 1. The molecule has 3 N–H and O–H groups in total. The van der Waals surface area contributed by atoms with E-state index in [1.54, 1.807) is 11.8 Å². The van der Waals surface area contributed by atoms with Crippen LogP contribution in [-0.4, -0.2) is 33.9 Å². The van der Waals surface area contributed by atoms with E-state index in [0.29, 0.717) is 11.7 Å². The SMILES string of the molecule is N#Cc1cnc(SCC(=O)NCCCSc2ccccc2)nc1N. The number of carbonyl (C=O) groups is 1. The summed E-state index contributed by atoms with van der Waals surface area (Å²) in [5.41, 5.74) is 5.85. The number of aromatic nitrogens is 2. The lowest BCUT2D eigenvalue weighted by molar-refractivity contribution is -0.118. The summed E-state index contributed by atoms with van der Waals surface area (Å²) < 4.78 is 0. The molecule has 1 amide bonds. The molecule has 0 unspecified atom stereocenters. The van der Waals surface area contributed by atoms with Crippen LogP contribution in [0.1, 0.15) is 12.0 Å². The Morgan fingerprint density at radius 2 is 2.08 bits per heavy atom. The van der Waals surface area contributed by atoms with Crippen LogP contribution >= 0.6 is 23.5 Å². The van der Waals surface area contributed by atoms with Crippen LogP contribution in [0.25, 0.3) is 0 Å². The molecule has 0 spiro atoms. The minimum atomic E-state index is -0.0729. The first-order chi connectivity index (χ1) is 11.7. The highest BCUT2D eigenvalue weighted by Gasteiger charge is 2.07. The summed E-state index contributed by atoms with van der Waals surface area (Å²) in [6.45, 7) is 0.635. The Bertz CT molecular complexity index is 718. The van der Waals surface area contributed by atoms with Gasteiger partial charge in [-0.25, -0.2) is 9.97 Å². The normalized spacial score (nSPS) is 10.1. The number of nitrogen functional groups attached to an aromatic ring is 1. The van der Waals surface area contributed by atoms with E-state index in [2.05, 4.69) is 27.4 Å². The quantitative estimate of drug-likeness (QED) is 0.423. The number of nitriles is 1. The van der Waals surface area contributed by atoms with Gasteiger partial charge in [0.05, 0.1) is 11.9 Å². The van der Waals surface area contributed by atoms with Crippen molar-refractivity contribution in [3.63, 3.8) is 0 Å². The van der Waals surface area contributed by atoms with Gasteiger partial charge in [-0.05, 0) is 24.3 Å². The van der Waals surface area contributed by atoms with Gasteiger partial charge in [0, 0.05) is 11.4 Å². The van der Waals surface area contributed by atoms with Gasteiger partial charge in [-0.15, -0.1) is 11.8 Å². The van der Waals surface area contributed by atoms with Gasteiger partial charge in [-0.2, -0.15) is 5.26 Å². The van der Waals surface area contributed by atoms with Crippen molar-refractivity contribution in [3.05, 3.63) is 42.1 Å². The van der Waals surface area contributed by atoms with Crippen molar-refractivity contribution in [2.24, 2.45) is 0 Å². The van der Waals surface area contributed by atoms with Crippen molar-refractivity contribution >= 4 is 35.2 Å². The molecule has 0 saturated heterocycles. The largest absolute Gasteiger partial charge is 0.382 e. The smallest absolute Gasteiger partial charge is 0.230 e. The molecule has 2 aromatic rings. The number of rotatable bonds is 8. The summed E-state index contributed by atoms with van der Waals surface area (Å²) in [4.78, 5) is 21.0. The van der Waals surface area contributed by atoms with E-state index in [1.165, 1.54) is 22.9 Å². The standard InChI is InChI=1S/C16H17N5OS2/c17-9-12-10-20-16(21-15(12)18)24-11-14(22)19-7-4-8-23-13-5-2-1-3-6-13/h1-3,5-6,10H,4,7-8,11H2,(H,19,22)(H2,18,20,21). The van der Waals surface area contributed by atoms with Gasteiger partial charge in [0.15, 0.2) is 5.16 Å². The van der Waals surface area contributed by atoms with Gasteiger partial charge in [0.1, 0.15) is 17.5 Å². The molecular weight excluding hydrogens is 342 g/mol. The number of anilines is 1. The maximum atomic E-state index is 11.8. The molecule has 1 aromatic carbocycles. The number of amides is 1. The highest BCUT2D eigenvalue weighted by atomic mass is 32.2. The summed E-state index contributed by atoms with van der Waals surface area (Å²) in [5.74, 6) is 1.23. The lowest BCUT2D eigenvalue weighted by Gasteiger charge is -2.05. The molecule has 8 heteroatoms. The van der Waals surface area contributed by atoms with E-state index < -0.39 is 0 Å². The number of thioether (sulfide) groups is 2. The van der Waals surface area contributed by atoms with Crippen LogP contribution in [0, 0.1) is 11.3 Å². The molecule has 1 aromatic heterocycles. The van der Waals surface area contributed by atoms with Crippen LogP contribution in [0.4, 0.5) is 5.82 Å². The molecule has 24 heavy (non-hydrogen) atoms. The summed E-state index contributed by atoms with van der Waals surface area (Å²) in [7, 11) is 0. The van der Waals surface area contributed by atoms with Crippen molar-refractivity contribution < 1.29 is 4.79 Å². The molecule has 0 aliphatic rings. The van der Waals surface area contributed by atoms with Gasteiger partial charge in [0.2, 0.25) is 5.91 Å². The van der Waals surface area contributed by atoms with Crippen LogP contribution < -0.4 is 11.1 Å². The number of nitrogens with two attached hydrogens (primary N) is 1. The molecule has 0 atom stereocenters. The minimum Gasteiger partial charge on any atom is -0.382 e. The molecule has 0 aliphatic heterocycles. The molecular formula is C16H17N5OS2. The van der Waals surface area contributed by atoms with Crippen molar-refractivity contribution in [1.82, 2.24) is 15.3 Å². The second kappa shape index (κ2) is 9.80. The average Bonchev–Trinajstić information content (AvgIpc) is 2.60. The molecule has 2 rings (SSSR count). The lowest BCUT2D eigenvalue weighted by Crippen LogP contribution is -2.26. The van der Waals surface area contributed by atoms with Crippen LogP contribution in [-0.2, 0) is 4.79 Å². The van der Waals surface area contributed by atoms with Crippen LogP contribution in [0.15, 0.2) is 46.6 Å². The number of carbonyl (C=O) groups excluding carboxylic acids is 1. The summed E-state index contributed by atoms with van der Waals surface area (Å²) in [6, 6.07) is 12.1. The van der Waals surface area contributed by atoms with Crippen molar-refractivity contribution in [1.29, 1.82) is 5.26 Å². The molecule has 0 aliphatic carbocycles. The van der Waals surface area contributed by atoms with Crippen molar-refractivity contribution in [2.45, 2.75) is 16.5 Å². The Kier molecular flexibility index (Phi) is 7.39. The van der Waals surface area contributed by atoms with E-state index in [1.807, 2.05) is 24.3 Å². The minimum absolute atomic E-state index is 0.0729. The zero-order valence-electron chi connectivity index (χ0n) is 12.9. The Morgan fingerprint density at radius 3 is 2.79 bits per heavy atom. The molecule has 124 valence electrons. The molecule has 0 fully saturated rings. The first-order valence-corrected chi connectivity index (χ1v) is 9.26. The van der Waals surface area contributed by atoms with Crippen LogP contribution in [0.3, 0.4) is 0 Å². The number of hydrogen-bond donors (Lipinski definition) is 2. The molecule has 0 saturated carbocycles. The second-order valence-electron chi connectivity index (χ2n) is 4.72. The van der Waals surface area contributed by atoms with E-state index in [4.69, 9.17) is 11.0 Å². The molecule has 0 radical (unpaired) electrons. The zero-order valence-corrected chi connectivity index (χ0v) is 14.6. The van der Waals surface area contributed by atoms with Crippen molar-refractivity contribution in [3.8, 4) is 6.07 Å². The maximum absolute atomic E-state index is 11.8. The van der Waals surface area contributed by atoms with E-state index in [9.17, 15) is 4.79 Å². The topological polar surface area (TPSA) is 105 Å². The fourth-order valence-corrected chi connectivity index (χ4v) is 3.25. The van der Waals surface area contributed by atoms with Crippen molar-refractivity contribution in [2.75, 3.05) is 23.8 Å². The third kappa shape index (κ3) is 6.10. The Hall–Kier alpha value is -2.24. The Balaban J connectivity index is 1.61. The lowest BCUT2D eigenvalue weighted by atomic mass is 10.3. The first-order valence-electron chi connectivity index (χ1n) is 7.29. The highest BCUT2D eigenvalue weighted by Crippen LogP contribution is 2.17. The monoisotopic (exact) mass is 359 g/mol. The predicted molar refractivity (Wildman–Crippen MR) is 96.7 cm³/mol. The zero-order chi connectivity index (χ0) is 17.2. The fraction of sp³-hybridized carbons (Fsp3) is 0.250. The Labute approximate surface area is 149 Å². The molecule has 1 heterocycles. The second-order valence-corrected chi connectivity index (χ2v) is 6.83. The Morgan fingerprint density at radius 1 is 1.29 bits per heavy atom. The van der Waals surface area contributed by atoms with Crippen LogP contribution in [0.2, 0.25) is 0 Å². The number of nitrogens with zero attached hydrogens (tertiary/aromatic N) is 3. The van der Waals surface area contributed by atoms with Gasteiger partial charge >= 0.3 is 0 Å². The van der Waals surface area contributed by atoms with E-state index in [-0.39, 0.29) is 23.0 Å². The van der Waals surface area contributed by atoms with Gasteiger partial charge in [0.25, 0.3) is 0 Å². The predicted octanol–water partition coefficient (Wildman–Crippen LogP) is 2.32. The maximum Gasteiger partial charge on any atom is 0.230 e. The van der Waals surface area contributed by atoms with Gasteiger partial charge in [-0.1, -0.05) is 30.0 Å². The first kappa shape index (κ1) is 18.1. The fourth-order valence-electron chi connectivity index (χ4n) is 1.72. The summed E-state index contributed by atoms with van der Waals surface area (Å²) >= 11 is 2.96. The highest BCUT2D eigenvalue weighted by molar-refractivity contribution is 7.99. The third-order valence-electron chi connectivity index (χ3n) is 2.90. The molecule has 6 nitrogen and oxygen atoms in total. The van der Waals surface area contributed by atoms with E-state index in [0.717, 1.165) is 12.2 Å². The number of nitrogens with one attached hydrogen (secondary N) is 1. The average molecular weight is 359 g/mol. The summed E-state index contributed by atoms with van der Waals surface area (Å²) in [6.07, 6.45) is 2.26. The third-order valence-corrected chi connectivity index (χ3v) is 4.86. The van der Waals surface area contributed by atoms with Crippen LogP contribution in [0.5, 0.6) is 0 Å². The number of hydrogen-bond acceptors (Lipinski definition) is 7. The van der Waals surface area contributed by atoms with Gasteiger partial charge < -0.3 is 11.1 Å². The van der Waals surface area contributed by atoms with E-state index >= 15 is 0 Å². The van der Waals surface area contributed by atoms with Gasteiger partial charge in [-0.3, -0.25) is 4.79 Å². The molecule has 0 bridgehead atoms.